The highest BCUT2D eigenvalue weighted by Gasteiger charge is 2.52. The smallest absolute Gasteiger partial charge is 0.261 e. The lowest BCUT2D eigenvalue weighted by Crippen LogP contribution is -2.68. The van der Waals surface area contributed by atoms with Crippen LogP contribution in [0.25, 0.3) is 0 Å². The molecule has 2 rings (SSSR count). The van der Waals surface area contributed by atoms with E-state index < -0.39 is 30.6 Å². The maximum Gasteiger partial charge on any atom is 0.261 e. The summed E-state index contributed by atoms with van der Waals surface area (Å²) < 4.78 is 21.0. The van der Waals surface area contributed by atoms with E-state index in [1.165, 1.54) is 10.4 Å². The van der Waals surface area contributed by atoms with Gasteiger partial charge in [-0.15, -0.1) is 6.42 Å². The molecule has 210 valence electrons. The Morgan fingerprint density at radius 3 is 1.53 bits per heavy atom. The average molecular weight is 569 g/mol. The largest absolute Gasteiger partial charge is 0.410 e. The minimum Gasteiger partial charge on any atom is -0.410 e. The Balaban J connectivity index is 2.56. The maximum absolute atomic E-state index is 7.34. The average Bonchev–Trinajstić information content (AvgIpc) is 2.77. The summed E-state index contributed by atoms with van der Waals surface area (Å²) in [5, 5.41) is 2.49. The lowest BCUT2D eigenvalue weighted by Gasteiger charge is -2.47. The highest BCUT2D eigenvalue weighted by molar-refractivity contribution is 6.99. The molecular weight excluding hydrogens is 517 g/mol. The molecule has 0 bridgehead atoms. The molecule has 38 heavy (non-hydrogen) atoms. The molecule has 2 aromatic rings. The van der Waals surface area contributed by atoms with Gasteiger partial charge in [-0.05, 0) is 60.1 Å². The molecule has 0 radical (unpaired) electrons. The van der Waals surface area contributed by atoms with Crippen molar-refractivity contribution >= 4 is 35.3 Å². The highest BCUT2D eigenvalue weighted by Crippen LogP contribution is 2.40. The Morgan fingerprint density at radius 1 is 0.737 bits per heavy atom. The standard InChI is InChI=1S/C32H52O3Si3/c1-14-27(34-37(12,13)30(2,3)4)25-32(8,35-36(9,10)11)26-33-38(31(5,6)7,28-21-17-15-18-22-28)29-23-19-16-20-24-29/h1,15-24,27H,25-26H2,2-13H3/t27-,32-/m0/s1. The van der Waals surface area contributed by atoms with Crippen LogP contribution in [0.4, 0.5) is 0 Å². The monoisotopic (exact) mass is 568 g/mol. The Kier molecular flexibility index (Phi) is 10.3. The topological polar surface area (TPSA) is 27.7 Å². The van der Waals surface area contributed by atoms with E-state index in [1.54, 1.807) is 0 Å². The normalized spacial score (nSPS) is 16.0. The molecule has 2 atom stereocenters. The van der Waals surface area contributed by atoms with Gasteiger partial charge in [0.1, 0.15) is 6.10 Å². The third kappa shape index (κ3) is 8.03. The lowest BCUT2D eigenvalue weighted by atomic mass is 10.0. The minimum atomic E-state index is -2.72. The fourth-order valence-corrected chi connectivity index (χ4v) is 12.5. The van der Waals surface area contributed by atoms with Crippen molar-refractivity contribution in [2.24, 2.45) is 0 Å². The summed E-state index contributed by atoms with van der Waals surface area (Å²) >= 11 is 0. The van der Waals surface area contributed by atoms with Crippen LogP contribution in [0.3, 0.4) is 0 Å². The molecule has 0 saturated carbocycles. The number of terminal acetylenes is 1. The van der Waals surface area contributed by atoms with Crippen LogP contribution in [-0.4, -0.2) is 43.3 Å². The molecule has 0 amide bonds. The van der Waals surface area contributed by atoms with Gasteiger partial charge in [0, 0.05) is 6.42 Å². The van der Waals surface area contributed by atoms with Gasteiger partial charge in [0.15, 0.2) is 16.6 Å². The van der Waals surface area contributed by atoms with Crippen molar-refractivity contribution in [1.82, 2.24) is 0 Å². The summed E-state index contributed by atoms with van der Waals surface area (Å²) in [5.41, 5.74) is -0.586. The van der Waals surface area contributed by atoms with Crippen LogP contribution in [0.2, 0.25) is 42.8 Å². The Labute approximate surface area is 237 Å². The van der Waals surface area contributed by atoms with Crippen molar-refractivity contribution in [3.63, 3.8) is 0 Å². The quantitative estimate of drug-likeness (QED) is 0.206. The van der Waals surface area contributed by atoms with E-state index in [0.717, 1.165) is 0 Å². The van der Waals surface area contributed by atoms with Crippen molar-refractivity contribution in [2.75, 3.05) is 6.61 Å². The number of benzene rings is 2. The Hall–Kier alpha value is -1.47. The number of hydrogen-bond donors (Lipinski definition) is 0. The molecule has 0 aromatic heterocycles. The Morgan fingerprint density at radius 2 is 1.18 bits per heavy atom. The van der Waals surface area contributed by atoms with Gasteiger partial charge in [0.05, 0.1) is 12.2 Å². The van der Waals surface area contributed by atoms with Crippen molar-refractivity contribution in [3.05, 3.63) is 60.7 Å². The fourth-order valence-electron chi connectivity index (χ4n) is 4.95. The molecular formula is C32H52O3Si3. The van der Waals surface area contributed by atoms with E-state index in [2.05, 4.69) is 148 Å². The molecule has 0 spiro atoms. The Bertz CT molecular complexity index is 1020. The van der Waals surface area contributed by atoms with Gasteiger partial charge in [-0.2, -0.15) is 0 Å². The van der Waals surface area contributed by atoms with Gasteiger partial charge >= 0.3 is 0 Å². The van der Waals surface area contributed by atoms with Gasteiger partial charge in [0.25, 0.3) is 8.32 Å². The second-order valence-corrected chi connectivity index (χ2v) is 27.8. The third-order valence-electron chi connectivity index (χ3n) is 7.61. The van der Waals surface area contributed by atoms with Gasteiger partial charge in [-0.1, -0.05) is 108 Å². The van der Waals surface area contributed by atoms with E-state index in [1.807, 2.05) is 0 Å². The summed E-state index contributed by atoms with van der Waals surface area (Å²) in [6.07, 6.45) is 6.36. The summed E-state index contributed by atoms with van der Waals surface area (Å²) in [5.74, 6) is 2.97. The molecule has 0 aliphatic rings. The van der Waals surface area contributed by atoms with Gasteiger partial charge in [-0.3, -0.25) is 0 Å². The van der Waals surface area contributed by atoms with E-state index in [9.17, 15) is 0 Å². The molecule has 0 saturated heterocycles. The molecule has 0 N–H and O–H groups in total. The van der Waals surface area contributed by atoms with E-state index in [4.69, 9.17) is 19.7 Å². The first-order valence-corrected chi connectivity index (χ1v) is 22.1. The molecule has 2 aromatic carbocycles. The fraction of sp³-hybridized carbons (Fsp3) is 0.562. The van der Waals surface area contributed by atoms with Gasteiger partial charge in [-0.25, -0.2) is 0 Å². The van der Waals surface area contributed by atoms with E-state index in [-0.39, 0.29) is 16.2 Å². The molecule has 0 unspecified atom stereocenters. The molecule has 6 heteroatoms. The van der Waals surface area contributed by atoms with E-state index in [0.29, 0.717) is 13.0 Å². The number of hydrogen-bond acceptors (Lipinski definition) is 3. The highest BCUT2D eigenvalue weighted by atomic mass is 28.4. The van der Waals surface area contributed by atoms with Crippen molar-refractivity contribution < 1.29 is 13.3 Å². The summed E-state index contributed by atoms with van der Waals surface area (Å²) in [6.45, 7) is 27.5. The van der Waals surface area contributed by atoms with Crippen LogP contribution >= 0.6 is 0 Å². The minimum absolute atomic E-state index is 0.0730. The second-order valence-electron chi connectivity index (χ2n) is 14.4. The van der Waals surface area contributed by atoms with Crippen molar-refractivity contribution in [1.29, 1.82) is 0 Å². The summed E-state index contributed by atoms with van der Waals surface area (Å²) in [6, 6.07) is 21.5. The predicted octanol–water partition coefficient (Wildman–Crippen LogP) is 7.59. The maximum atomic E-state index is 7.34. The zero-order valence-corrected chi connectivity index (χ0v) is 29.1. The van der Waals surface area contributed by atoms with Crippen LogP contribution in [-0.2, 0) is 13.3 Å². The predicted molar refractivity (Wildman–Crippen MR) is 172 cm³/mol. The van der Waals surface area contributed by atoms with Crippen LogP contribution in [0.15, 0.2) is 60.7 Å². The van der Waals surface area contributed by atoms with Crippen LogP contribution in [0.1, 0.15) is 54.9 Å². The zero-order valence-electron chi connectivity index (χ0n) is 26.1. The zero-order chi connectivity index (χ0) is 29.0. The van der Waals surface area contributed by atoms with Gasteiger partial charge < -0.3 is 13.3 Å². The summed E-state index contributed by atoms with van der Waals surface area (Å²) in [4.78, 5) is 0. The first kappa shape index (κ1) is 32.7. The molecule has 0 fully saturated rings. The molecule has 3 nitrogen and oxygen atoms in total. The van der Waals surface area contributed by atoms with Crippen molar-refractivity contribution in [3.8, 4) is 12.3 Å². The molecule has 0 aliphatic carbocycles. The third-order valence-corrected chi connectivity index (χ3v) is 18.2. The van der Waals surface area contributed by atoms with Crippen LogP contribution in [0, 0.1) is 12.3 Å². The van der Waals surface area contributed by atoms with E-state index >= 15 is 0 Å². The van der Waals surface area contributed by atoms with Crippen LogP contribution < -0.4 is 10.4 Å². The first-order chi connectivity index (χ1) is 17.3. The first-order valence-electron chi connectivity index (χ1n) is 13.9. The molecule has 0 aliphatic heterocycles. The van der Waals surface area contributed by atoms with Gasteiger partial charge in [0.2, 0.25) is 0 Å². The second kappa shape index (κ2) is 12.0. The summed E-state index contributed by atoms with van der Waals surface area (Å²) in [7, 11) is -6.73. The van der Waals surface area contributed by atoms with Crippen LogP contribution in [0.5, 0.6) is 0 Å². The lowest BCUT2D eigenvalue weighted by molar-refractivity contribution is -0.00377. The number of rotatable bonds is 11. The SMILES string of the molecule is C#C[C@@H](C[C@@](C)(CO[Si](c1ccccc1)(c1ccccc1)C(C)(C)C)O[Si](C)(C)C)O[Si](C)(C)C(C)(C)C. The molecule has 0 heterocycles. The van der Waals surface area contributed by atoms with Crippen molar-refractivity contribution in [2.45, 2.75) is 109 Å².